The van der Waals surface area contributed by atoms with Gasteiger partial charge in [0.15, 0.2) is 5.82 Å². The predicted octanol–water partition coefficient (Wildman–Crippen LogP) is 3.96. The highest BCUT2D eigenvalue weighted by Gasteiger charge is 2.12. The van der Waals surface area contributed by atoms with Crippen LogP contribution in [0.25, 0.3) is 16.6 Å². The fraction of sp³-hybridized carbons (Fsp3) is 0.250. The molecule has 8 heteroatoms. The number of hydrogen-bond donors (Lipinski definition) is 2. The van der Waals surface area contributed by atoms with Crippen LogP contribution in [0.2, 0.25) is 5.02 Å². The molecule has 0 saturated carbocycles. The summed E-state index contributed by atoms with van der Waals surface area (Å²) in [7, 11) is 4.09. The molecular formula is C20H22ClN7. The molecule has 0 spiro atoms. The molecule has 0 atom stereocenters. The number of pyridine rings is 1. The third-order valence-corrected chi connectivity index (χ3v) is 4.88. The van der Waals surface area contributed by atoms with Crippen molar-refractivity contribution in [3.63, 3.8) is 0 Å². The molecule has 2 N–H and O–H groups in total. The molecule has 0 radical (unpaired) electrons. The summed E-state index contributed by atoms with van der Waals surface area (Å²) in [6.45, 7) is 3.74. The smallest absolute Gasteiger partial charge is 0.157 e. The first-order valence-electron chi connectivity index (χ1n) is 9.05. The third-order valence-electron chi connectivity index (χ3n) is 4.57. The summed E-state index contributed by atoms with van der Waals surface area (Å²) in [6.07, 6.45) is 5.37. The Morgan fingerprint density at radius 1 is 1.18 bits per heavy atom. The minimum absolute atomic E-state index is 0.653. The van der Waals surface area contributed by atoms with Crippen LogP contribution in [-0.4, -0.2) is 51.4 Å². The van der Waals surface area contributed by atoms with E-state index in [2.05, 4.69) is 25.5 Å². The van der Waals surface area contributed by atoms with Crippen molar-refractivity contribution >= 4 is 45.5 Å². The van der Waals surface area contributed by atoms with Crippen LogP contribution in [0.5, 0.6) is 0 Å². The molecule has 0 unspecified atom stereocenters. The predicted molar refractivity (Wildman–Crippen MR) is 115 cm³/mol. The topological polar surface area (TPSA) is 70.4 Å². The minimum atomic E-state index is 0.653. The molecule has 0 aliphatic rings. The van der Waals surface area contributed by atoms with E-state index in [1.165, 1.54) is 0 Å². The van der Waals surface area contributed by atoms with Crippen LogP contribution in [0.3, 0.4) is 0 Å². The van der Waals surface area contributed by atoms with Crippen molar-refractivity contribution < 1.29 is 0 Å². The quantitative estimate of drug-likeness (QED) is 0.515. The Morgan fingerprint density at radius 2 is 2.04 bits per heavy atom. The maximum absolute atomic E-state index is 6.39. The molecule has 0 saturated heterocycles. The SMILES string of the molecule is Cc1cccc(Cl)c1Nc1nc2cc(NCCN(C)C)ncc2n2cncc12. The van der Waals surface area contributed by atoms with E-state index in [1.807, 2.05) is 55.9 Å². The number of anilines is 3. The van der Waals surface area contributed by atoms with Crippen LogP contribution in [-0.2, 0) is 0 Å². The molecule has 144 valence electrons. The maximum atomic E-state index is 6.39. The molecule has 3 heterocycles. The van der Waals surface area contributed by atoms with Gasteiger partial charge in [-0.3, -0.25) is 4.40 Å². The van der Waals surface area contributed by atoms with Crippen molar-refractivity contribution in [3.05, 3.63) is 53.6 Å². The Morgan fingerprint density at radius 3 is 2.82 bits per heavy atom. The average Bonchev–Trinajstić information content (AvgIpc) is 3.14. The lowest BCUT2D eigenvalue weighted by Gasteiger charge is -2.14. The first kappa shape index (κ1) is 18.5. The van der Waals surface area contributed by atoms with Crippen LogP contribution in [0.4, 0.5) is 17.3 Å². The minimum Gasteiger partial charge on any atom is -0.369 e. The average molecular weight is 396 g/mol. The van der Waals surface area contributed by atoms with E-state index in [1.54, 1.807) is 12.5 Å². The Labute approximate surface area is 168 Å². The van der Waals surface area contributed by atoms with E-state index in [-0.39, 0.29) is 0 Å². The summed E-state index contributed by atoms with van der Waals surface area (Å²) >= 11 is 6.39. The van der Waals surface area contributed by atoms with E-state index >= 15 is 0 Å². The number of rotatable bonds is 6. The van der Waals surface area contributed by atoms with Crippen LogP contribution in [0.1, 0.15) is 5.56 Å². The summed E-state index contributed by atoms with van der Waals surface area (Å²) in [5.74, 6) is 1.49. The van der Waals surface area contributed by atoms with Crippen molar-refractivity contribution in [3.8, 4) is 0 Å². The third kappa shape index (κ3) is 3.58. The van der Waals surface area contributed by atoms with Crippen molar-refractivity contribution in [1.82, 2.24) is 24.3 Å². The van der Waals surface area contributed by atoms with E-state index in [9.17, 15) is 0 Å². The van der Waals surface area contributed by atoms with Gasteiger partial charge < -0.3 is 15.5 Å². The zero-order valence-electron chi connectivity index (χ0n) is 16.1. The van der Waals surface area contributed by atoms with Crippen molar-refractivity contribution in [2.45, 2.75) is 6.92 Å². The lowest BCUT2D eigenvalue weighted by Crippen LogP contribution is -2.21. The highest BCUT2D eigenvalue weighted by Crippen LogP contribution is 2.31. The number of para-hydroxylation sites is 1. The molecule has 0 aliphatic carbocycles. The molecule has 28 heavy (non-hydrogen) atoms. The molecule has 0 fully saturated rings. The zero-order valence-corrected chi connectivity index (χ0v) is 16.8. The molecule has 4 aromatic rings. The van der Waals surface area contributed by atoms with E-state index in [0.29, 0.717) is 10.8 Å². The number of imidazole rings is 1. The van der Waals surface area contributed by atoms with Crippen molar-refractivity contribution in [2.24, 2.45) is 0 Å². The van der Waals surface area contributed by atoms with Gasteiger partial charge in [-0.05, 0) is 32.6 Å². The highest BCUT2D eigenvalue weighted by atomic mass is 35.5. The Bertz CT molecular complexity index is 1120. The molecule has 7 nitrogen and oxygen atoms in total. The fourth-order valence-corrected chi connectivity index (χ4v) is 3.33. The van der Waals surface area contributed by atoms with Gasteiger partial charge in [0, 0.05) is 19.2 Å². The number of fused-ring (bicyclic) bond motifs is 3. The normalized spacial score (nSPS) is 11.5. The molecule has 0 aliphatic heterocycles. The lowest BCUT2D eigenvalue weighted by molar-refractivity contribution is 0.425. The molecule has 1 aromatic carbocycles. The molecular weight excluding hydrogens is 374 g/mol. The number of aryl methyl sites for hydroxylation is 1. The summed E-state index contributed by atoms with van der Waals surface area (Å²) in [5.41, 5.74) is 4.47. The first-order valence-corrected chi connectivity index (χ1v) is 9.43. The summed E-state index contributed by atoms with van der Waals surface area (Å²) in [6, 6.07) is 7.76. The number of nitrogens with one attached hydrogen (secondary N) is 2. The number of nitrogens with zero attached hydrogens (tertiary/aromatic N) is 5. The van der Waals surface area contributed by atoms with Gasteiger partial charge in [0.2, 0.25) is 0 Å². The molecule has 0 amide bonds. The standard InChI is InChI=1S/C20H22ClN7/c1-13-5-4-6-14(21)19(13)26-20-17-10-22-12-28(17)16-11-24-18(9-15(16)25-20)23-7-8-27(2)3/h4-6,9-12H,7-8H2,1-3H3,(H,23,24)(H,25,26). The summed E-state index contributed by atoms with van der Waals surface area (Å²) in [4.78, 5) is 15.8. The second kappa shape index (κ2) is 7.61. The van der Waals surface area contributed by atoms with Gasteiger partial charge in [0.1, 0.15) is 11.3 Å². The maximum Gasteiger partial charge on any atom is 0.157 e. The monoisotopic (exact) mass is 395 g/mol. The number of aromatic nitrogens is 4. The van der Waals surface area contributed by atoms with Crippen LogP contribution in [0.15, 0.2) is 43.0 Å². The molecule has 3 aromatic heterocycles. The van der Waals surface area contributed by atoms with Gasteiger partial charge in [0.25, 0.3) is 0 Å². The zero-order chi connectivity index (χ0) is 19.7. The van der Waals surface area contributed by atoms with Gasteiger partial charge >= 0.3 is 0 Å². The Kier molecular flexibility index (Phi) is 5.02. The second-order valence-electron chi connectivity index (χ2n) is 6.95. The van der Waals surface area contributed by atoms with Crippen molar-refractivity contribution in [1.29, 1.82) is 0 Å². The summed E-state index contributed by atoms with van der Waals surface area (Å²) < 4.78 is 1.98. The Balaban J connectivity index is 1.76. The fourth-order valence-electron chi connectivity index (χ4n) is 3.06. The van der Waals surface area contributed by atoms with Gasteiger partial charge in [-0.1, -0.05) is 23.7 Å². The van der Waals surface area contributed by atoms with E-state index < -0.39 is 0 Å². The van der Waals surface area contributed by atoms with E-state index in [4.69, 9.17) is 16.6 Å². The van der Waals surface area contributed by atoms with Gasteiger partial charge in [-0.25, -0.2) is 15.0 Å². The van der Waals surface area contributed by atoms with Crippen LogP contribution >= 0.6 is 11.6 Å². The van der Waals surface area contributed by atoms with Crippen molar-refractivity contribution in [2.75, 3.05) is 37.8 Å². The Hall–Kier alpha value is -2.90. The van der Waals surface area contributed by atoms with Gasteiger partial charge in [-0.15, -0.1) is 0 Å². The number of benzene rings is 1. The second-order valence-corrected chi connectivity index (χ2v) is 7.36. The van der Waals surface area contributed by atoms with Gasteiger partial charge in [0.05, 0.1) is 40.5 Å². The van der Waals surface area contributed by atoms with E-state index in [0.717, 1.165) is 46.7 Å². The number of halogens is 1. The lowest BCUT2D eigenvalue weighted by atomic mass is 10.2. The number of hydrogen-bond acceptors (Lipinski definition) is 6. The van der Waals surface area contributed by atoms with Crippen LogP contribution in [0, 0.1) is 6.92 Å². The van der Waals surface area contributed by atoms with Gasteiger partial charge in [-0.2, -0.15) is 0 Å². The van der Waals surface area contributed by atoms with Crippen LogP contribution < -0.4 is 10.6 Å². The summed E-state index contributed by atoms with van der Waals surface area (Å²) in [5, 5.41) is 7.38. The molecule has 0 bridgehead atoms. The first-order chi connectivity index (χ1) is 13.5. The molecule has 4 rings (SSSR count). The largest absolute Gasteiger partial charge is 0.369 e. The highest BCUT2D eigenvalue weighted by molar-refractivity contribution is 6.33. The number of likely N-dealkylation sites (N-methyl/N-ethyl adjacent to an activating group) is 1.